The topological polar surface area (TPSA) is 354 Å². The molecule has 5 aliphatic carbocycles. The van der Waals surface area contributed by atoms with E-state index in [1.54, 1.807) is 0 Å². The Morgan fingerprint density at radius 1 is 0.613 bits per heavy atom. The first-order valence-electron chi connectivity index (χ1n) is 27.3. The Kier molecular flexibility index (Phi) is 16.6. The second-order valence-electron chi connectivity index (χ2n) is 25.2. The lowest BCUT2D eigenvalue weighted by Crippen LogP contribution is -2.68. The third-order valence-corrected chi connectivity index (χ3v) is 21.6. The highest BCUT2D eigenvalue weighted by atomic mass is 16.8. The van der Waals surface area contributed by atoms with Gasteiger partial charge in [0.15, 0.2) is 18.9 Å². The predicted octanol–water partition coefficient (Wildman–Crippen LogP) is -1.54. The number of hydrogen-bond acceptors (Lipinski definition) is 22. The molecule has 0 aromatic heterocycles. The molecule has 13 N–H and O–H groups in total. The van der Waals surface area contributed by atoms with E-state index in [2.05, 4.69) is 27.4 Å². The normalized spacial score (nSPS) is 56.0. The number of esters is 1. The SMILES string of the molecule is C=C(C)[C@@H]1CC[C@]2(C(=O)O[C@@H]3O[C@H](CO[C@@H]4O[C@H](CO)[C@@H](O)[C@H](O)[C@H]4O)[C@@H](O)[C@H](O)[C@H]3O)CC[C@]3(C)[C@H](CC[C@@H]4[C@@]5(C)CC[C@H](O[C@@H]6OC[C@H](O)[C@H](O)[C@H]6O[C@@H]6O[C@@H](C)[C@H](O)[C@@H](O)[C@H]6O)[C@@](C)(CO)[C@@H]5CC[C@]43C)[C@@H]12. The van der Waals surface area contributed by atoms with E-state index in [0.29, 0.717) is 32.1 Å². The minimum absolute atomic E-state index is 0.0220. The number of aliphatic hydroxyl groups excluding tert-OH is 13. The van der Waals surface area contributed by atoms with Crippen molar-refractivity contribution in [1.29, 1.82) is 0 Å². The van der Waals surface area contributed by atoms with Crippen LogP contribution in [-0.4, -0.2) is 222 Å². The summed E-state index contributed by atoms with van der Waals surface area (Å²) in [6.45, 7) is 15.4. The van der Waals surface area contributed by atoms with Gasteiger partial charge in [-0.05, 0) is 124 Å². The van der Waals surface area contributed by atoms with Crippen LogP contribution in [0.4, 0.5) is 0 Å². The number of allylic oxidation sites excluding steroid dienone is 1. The predicted molar refractivity (Wildman–Crippen MR) is 257 cm³/mol. The summed E-state index contributed by atoms with van der Waals surface area (Å²) >= 11 is 0. The lowest BCUT2D eigenvalue weighted by Gasteiger charge is -2.73. The summed E-state index contributed by atoms with van der Waals surface area (Å²) in [5, 5.41) is 139. The van der Waals surface area contributed by atoms with Gasteiger partial charge < -0.3 is 104 Å². The van der Waals surface area contributed by atoms with Crippen LogP contribution >= 0.6 is 0 Å². The molecular formula is C53H86O22. The van der Waals surface area contributed by atoms with Gasteiger partial charge in [0.1, 0.15) is 85.5 Å². The molecule has 0 aromatic rings. The zero-order chi connectivity index (χ0) is 54.6. The van der Waals surface area contributed by atoms with Crippen molar-refractivity contribution in [3.63, 3.8) is 0 Å². The quantitative estimate of drug-likeness (QED) is 0.0598. The van der Waals surface area contributed by atoms with Crippen molar-refractivity contribution >= 4 is 5.97 Å². The van der Waals surface area contributed by atoms with E-state index in [0.717, 1.165) is 37.7 Å². The highest BCUT2D eigenvalue weighted by molar-refractivity contribution is 5.78. The average molecular weight is 1080 g/mol. The molecule has 0 amide bonds. The second kappa shape index (κ2) is 21.4. The van der Waals surface area contributed by atoms with Crippen LogP contribution in [0, 0.1) is 56.7 Å². The van der Waals surface area contributed by atoms with E-state index in [9.17, 15) is 66.4 Å². The largest absolute Gasteiger partial charge is 0.432 e. The van der Waals surface area contributed by atoms with E-state index in [4.69, 9.17) is 37.9 Å². The number of carbonyl (C=O) groups excluding carboxylic acids is 1. The summed E-state index contributed by atoms with van der Waals surface area (Å²) in [6, 6.07) is 0. The van der Waals surface area contributed by atoms with Crippen LogP contribution in [0.2, 0.25) is 0 Å². The highest BCUT2D eigenvalue weighted by Crippen LogP contribution is 2.78. The Morgan fingerprint density at radius 2 is 1.25 bits per heavy atom. The average Bonchev–Trinajstić information content (AvgIpc) is 3.79. The maximum Gasteiger partial charge on any atom is 0.314 e. The maximum absolute atomic E-state index is 15.1. The molecule has 75 heavy (non-hydrogen) atoms. The van der Waals surface area contributed by atoms with Crippen LogP contribution in [0.1, 0.15) is 106 Å². The van der Waals surface area contributed by atoms with Crippen molar-refractivity contribution in [2.45, 2.75) is 229 Å². The Morgan fingerprint density at radius 3 is 1.92 bits per heavy atom. The smallest absolute Gasteiger partial charge is 0.314 e. The van der Waals surface area contributed by atoms with Gasteiger partial charge in [-0.1, -0.05) is 39.8 Å². The second-order valence-corrected chi connectivity index (χ2v) is 25.2. The Balaban J connectivity index is 0.916. The molecule has 4 saturated heterocycles. The van der Waals surface area contributed by atoms with Gasteiger partial charge in [-0.25, -0.2) is 0 Å². The number of carbonyl (C=O) groups is 1. The van der Waals surface area contributed by atoms with Crippen LogP contribution < -0.4 is 0 Å². The first-order valence-corrected chi connectivity index (χ1v) is 27.3. The molecule has 4 aliphatic heterocycles. The molecule has 430 valence electrons. The molecule has 22 nitrogen and oxygen atoms in total. The summed E-state index contributed by atoms with van der Waals surface area (Å²) in [5.41, 5.74) is -1.60. The van der Waals surface area contributed by atoms with Crippen molar-refractivity contribution in [3.8, 4) is 0 Å². The molecule has 0 aromatic carbocycles. The third-order valence-electron chi connectivity index (χ3n) is 21.6. The van der Waals surface area contributed by atoms with Crippen molar-refractivity contribution in [2.75, 3.05) is 26.4 Å². The molecule has 30 atom stereocenters. The Bertz CT molecular complexity index is 2030. The summed E-state index contributed by atoms with van der Waals surface area (Å²) < 4.78 is 47.6. The highest BCUT2D eigenvalue weighted by Gasteiger charge is 2.73. The minimum atomic E-state index is -1.84. The number of fused-ring (bicyclic) bond motifs is 7. The van der Waals surface area contributed by atoms with Gasteiger partial charge >= 0.3 is 5.97 Å². The molecule has 5 saturated carbocycles. The summed E-state index contributed by atoms with van der Waals surface area (Å²) in [4.78, 5) is 15.1. The van der Waals surface area contributed by atoms with Crippen LogP contribution in [0.15, 0.2) is 12.2 Å². The van der Waals surface area contributed by atoms with Crippen molar-refractivity contribution < 1.29 is 109 Å². The van der Waals surface area contributed by atoms with Crippen LogP contribution in [0.3, 0.4) is 0 Å². The molecule has 0 spiro atoms. The minimum Gasteiger partial charge on any atom is -0.432 e. The van der Waals surface area contributed by atoms with Gasteiger partial charge in [-0.2, -0.15) is 0 Å². The van der Waals surface area contributed by atoms with Crippen molar-refractivity contribution in [2.24, 2.45) is 56.7 Å². The van der Waals surface area contributed by atoms with E-state index in [1.807, 2.05) is 13.8 Å². The molecule has 0 radical (unpaired) electrons. The molecule has 9 aliphatic rings. The fourth-order valence-electron chi connectivity index (χ4n) is 17.0. The molecule has 0 unspecified atom stereocenters. The summed E-state index contributed by atoms with van der Waals surface area (Å²) in [5.74, 6) is -0.556. The lowest BCUT2D eigenvalue weighted by atomic mass is 9.32. The zero-order valence-electron chi connectivity index (χ0n) is 44.0. The maximum atomic E-state index is 15.1. The van der Waals surface area contributed by atoms with Crippen LogP contribution in [0.25, 0.3) is 0 Å². The number of ether oxygens (including phenoxy) is 8. The molecular weight excluding hydrogens is 989 g/mol. The molecule has 22 heteroatoms. The summed E-state index contributed by atoms with van der Waals surface area (Å²) in [7, 11) is 0. The number of hydrogen-bond donors (Lipinski definition) is 13. The van der Waals surface area contributed by atoms with Crippen LogP contribution in [-0.2, 0) is 42.7 Å². The van der Waals surface area contributed by atoms with E-state index in [-0.39, 0.29) is 59.0 Å². The van der Waals surface area contributed by atoms with Crippen molar-refractivity contribution in [1.82, 2.24) is 0 Å². The van der Waals surface area contributed by atoms with E-state index in [1.165, 1.54) is 6.92 Å². The third kappa shape index (κ3) is 9.31. The van der Waals surface area contributed by atoms with Gasteiger partial charge in [0.25, 0.3) is 0 Å². The molecule has 0 bridgehead atoms. The first-order chi connectivity index (χ1) is 35.2. The van der Waals surface area contributed by atoms with Gasteiger partial charge in [0.05, 0.1) is 44.1 Å². The Labute approximate surface area is 437 Å². The van der Waals surface area contributed by atoms with Crippen LogP contribution in [0.5, 0.6) is 0 Å². The number of rotatable bonds is 12. The fourth-order valence-corrected chi connectivity index (χ4v) is 17.0. The number of aliphatic hydroxyl groups is 13. The molecule has 9 fully saturated rings. The van der Waals surface area contributed by atoms with Gasteiger partial charge in [0, 0.05) is 5.41 Å². The van der Waals surface area contributed by atoms with E-state index < -0.39 is 153 Å². The summed E-state index contributed by atoms with van der Waals surface area (Å²) in [6.07, 6.45) is -22.8. The van der Waals surface area contributed by atoms with E-state index >= 15 is 4.79 Å². The van der Waals surface area contributed by atoms with Gasteiger partial charge in [0.2, 0.25) is 6.29 Å². The first kappa shape index (κ1) is 58.1. The molecule has 9 rings (SSSR count). The fraction of sp³-hybridized carbons (Fsp3) is 0.943. The monoisotopic (exact) mass is 1070 g/mol. The zero-order valence-corrected chi connectivity index (χ0v) is 44.0. The van der Waals surface area contributed by atoms with Gasteiger partial charge in [-0.3, -0.25) is 4.79 Å². The lowest BCUT2D eigenvalue weighted by molar-refractivity contribution is -0.366. The van der Waals surface area contributed by atoms with Gasteiger partial charge in [-0.15, -0.1) is 0 Å². The standard InChI is InChI=1S/C53H86O22/c1-22(2)24-10-15-53(48(67)75-46-42(66)39(63)36(60)28(72-46)20-69-44-40(64)38(62)35(59)27(18-54)71-44)17-16-51(6)25(32(24)53)8-9-30-49(4)13-12-31(50(5,21-55)29(49)11-14-52(30,51)7)73-47-43(34(58)26(56)19-68-47)74-45-41(65)37(61)33(57)23(3)70-45/h23-47,54-66H,1,8-21H2,2-7H3/t23-,24-,25+,26-,27+,28+,29+,30+,31-,32+,33-,34-,35+,36+,37+,38-,39-,40+,41+,42+,43+,44+,45-,46-,47-,49-,50-,51+,52+,53-/m0/s1. The molecule has 4 heterocycles. The van der Waals surface area contributed by atoms with Crippen molar-refractivity contribution in [3.05, 3.63) is 12.2 Å². The Hall–Kier alpha value is -1.59.